The average molecular weight is 1160 g/mol. The molecule has 22 heteroatoms. The number of carbonyl (C=O) groups excluding carboxylic acids is 2. The number of nitrogens with zero attached hydrogens (tertiary/aromatic N) is 12. The lowest BCUT2D eigenvalue weighted by Crippen LogP contribution is -2.55. The zero-order valence-corrected chi connectivity index (χ0v) is 48.8. The molecule has 444 valence electrons. The number of methoxy groups -OCH3 is 2. The van der Waals surface area contributed by atoms with Gasteiger partial charge in [0.15, 0.2) is 22.7 Å². The number of fused-ring (bicyclic) bond motifs is 2. The molecular weight excluding hydrogens is 1090 g/mol. The summed E-state index contributed by atoms with van der Waals surface area (Å²) >= 11 is 0. The van der Waals surface area contributed by atoms with Crippen molar-refractivity contribution in [3.05, 3.63) is 166 Å². The summed E-state index contributed by atoms with van der Waals surface area (Å²) in [7, 11) is 11.2. The van der Waals surface area contributed by atoms with E-state index in [4.69, 9.17) is 9.47 Å². The first-order valence-electron chi connectivity index (χ1n) is 27.7. The Balaban J connectivity index is 0.000000202. The Morgan fingerprint density at radius 1 is 0.548 bits per heavy atom. The van der Waals surface area contributed by atoms with E-state index in [1.807, 2.05) is 78.4 Å². The molecular formula is C62H70F6N12O4. The number of hydrogen-bond acceptors (Lipinski definition) is 12. The third-order valence-electron chi connectivity index (χ3n) is 15.7. The number of likely N-dealkylation sites (N-methyl/N-ethyl adjacent to an activating group) is 2. The van der Waals surface area contributed by atoms with Crippen LogP contribution in [0.2, 0.25) is 0 Å². The molecule has 2 amide bonds. The summed E-state index contributed by atoms with van der Waals surface area (Å²) in [5, 5.41) is 8.03. The zero-order valence-electron chi connectivity index (χ0n) is 48.8. The van der Waals surface area contributed by atoms with Crippen LogP contribution in [0.3, 0.4) is 0 Å². The minimum Gasteiger partial charge on any atom is -0.497 e. The Morgan fingerprint density at radius 2 is 0.893 bits per heavy atom. The third kappa shape index (κ3) is 12.8. The Labute approximate surface area is 484 Å². The summed E-state index contributed by atoms with van der Waals surface area (Å²) < 4.78 is 98.0. The maximum Gasteiger partial charge on any atom is 0.433 e. The van der Waals surface area contributed by atoms with Gasteiger partial charge in [-0.15, -0.1) is 0 Å². The summed E-state index contributed by atoms with van der Waals surface area (Å²) in [5.74, 6) is 0.376. The topological polar surface area (TPSA) is 132 Å². The van der Waals surface area contributed by atoms with Crippen LogP contribution >= 0.6 is 0 Å². The van der Waals surface area contributed by atoms with Crippen molar-refractivity contribution >= 4 is 23.1 Å². The number of halogens is 6. The highest BCUT2D eigenvalue weighted by Crippen LogP contribution is 2.39. The highest BCUT2D eigenvalue weighted by atomic mass is 19.4. The number of piperazine rings is 2. The van der Waals surface area contributed by atoms with Crippen molar-refractivity contribution < 1.29 is 45.4 Å². The number of carbonyl (C=O) groups is 2. The van der Waals surface area contributed by atoms with Gasteiger partial charge in [0, 0.05) is 98.8 Å². The van der Waals surface area contributed by atoms with Crippen LogP contribution in [0.15, 0.2) is 122 Å². The maximum atomic E-state index is 14.4. The molecule has 0 unspecified atom stereocenters. The standard InChI is InChI=1S/2C31H35F3N6O2/c2*1-20-18-38(26(19-37(3)4)22-9-7-6-8-10-22)15-16-39(20)30(41)25-17-35-40-28(31(32,33)34)21(2)27(36-29(25)40)23-11-13-24(42-5)14-12-23/h2*6-14,17,20,26H,15-16,18-19H2,1-5H3/t20-,26+;20-,26-/m11/s1. The second-order valence-electron chi connectivity index (χ2n) is 22.0. The van der Waals surface area contributed by atoms with E-state index in [0.29, 0.717) is 61.9 Å². The molecule has 2 aliphatic heterocycles. The lowest BCUT2D eigenvalue weighted by Gasteiger charge is -2.44. The fraction of sp³-hybridized carbons (Fsp3) is 0.387. The van der Waals surface area contributed by atoms with Gasteiger partial charge >= 0.3 is 12.4 Å². The van der Waals surface area contributed by atoms with Crippen molar-refractivity contribution in [2.45, 2.75) is 64.2 Å². The number of alkyl halides is 6. The van der Waals surface area contributed by atoms with E-state index in [9.17, 15) is 35.9 Å². The van der Waals surface area contributed by atoms with Gasteiger partial charge in [0.2, 0.25) is 0 Å². The van der Waals surface area contributed by atoms with Crippen LogP contribution in [0.5, 0.6) is 11.5 Å². The molecule has 0 bridgehead atoms. The summed E-state index contributed by atoms with van der Waals surface area (Å²) in [6.07, 6.45) is -7.02. The second-order valence-corrected chi connectivity index (χ2v) is 22.0. The van der Waals surface area contributed by atoms with E-state index in [2.05, 4.69) is 64.0 Å². The van der Waals surface area contributed by atoms with Gasteiger partial charge in [-0.25, -0.2) is 19.0 Å². The second kappa shape index (κ2) is 25.1. The summed E-state index contributed by atoms with van der Waals surface area (Å²) in [6.45, 7) is 11.7. The van der Waals surface area contributed by atoms with Crippen molar-refractivity contribution in [2.75, 3.05) is 94.8 Å². The molecule has 0 aliphatic carbocycles. The largest absolute Gasteiger partial charge is 0.497 e. The molecule has 4 atom stereocenters. The van der Waals surface area contributed by atoms with Crippen LogP contribution < -0.4 is 9.47 Å². The first-order valence-corrected chi connectivity index (χ1v) is 27.7. The molecule has 8 aromatic rings. The fourth-order valence-electron chi connectivity index (χ4n) is 11.5. The molecule has 2 fully saturated rings. The minimum atomic E-state index is -4.71. The van der Waals surface area contributed by atoms with Crippen LogP contribution in [0.25, 0.3) is 33.8 Å². The average Bonchev–Trinajstić information content (AvgIpc) is 3.20. The van der Waals surface area contributed by atoms with Crippen molar-refractivity contribution in [2.24, 2.45) is 0 Å². The van der Waals surface area contributed by atoms with Gasteiger partial charge in [0.25, 0.3) is 11.8 Å². The van der Waals surface area contributed by atoms with Gasteiger partial charge in [-0.1, -0.05) is 60.7 Å². The normalized spacial score (nSPS) is 17.2. The molecule has 16 nitrogen and oxygen atoms in total. The summed E-state index contributed by atoms with van der Waals surface area (Å²) in [5.41, 5.74) is 1.44. The summed E-state index contributed by atoms with van der Waals surface area (Å²) in [6, 6.07) is 33.7. The van der Waals surface area contributed by atoms with Crippen LogP contribution in [0.4, 0.5) is 26.3 Å². The first kappa shape index (κ1) is 60.7. The Bertz CT molecular complexity index is 3340. The van der Waals surface area contributed by atoms with Gasteiger partial charge in [-0.3, -0.25) is 19.4 Å². The number of aromatic nitrogens is 6. The zero-order chi connectivity index (χ0) is 60.4. The molecule has 84 heavy (non-hydrogen) atoms. The van der Waals surface area contributed by atoms with E-state index < -0.39 is 23.7 Å². The molecule has 4 aromatic carbocycles. The Kier molecular flexibility index (Phi) is 18.1. The highest BCUT2D eigenvalue weighted by molar-refractivity contribution is 6.01. The predicted molar refractivity (Wildman–Crippen MR) is 309 cm³/mol. The molecule has 6 heterocycles. The van der Waals surface area contributed by atoms with E-state index >= 15 is 0 Å². The van der Waals surface area contributed by atoms with Crippen LogP contribution in [-0.4, -0.2) is 177 Å². The van der Waals surface area contributed by atoms with Crippen LogP contribution in [0, 0.1) is 13.8 Å². The van der Waals surface area contributed by atoms with E-state index in [1.165, 1.54) is 51.6 Å². The Morgan fingerprint density at radius 3 is 1.19 bits per heavy atom. The van der Waals surface area contributed by atoms with E-state index in [-0.39, 0.29) is 80.9 Å². The van der Waals surface area contributed by atoms with Crippen molar-refractivity contribution in [3.8, 4) is 34.0 Å². The molecule has 0 radical (unpaired) electrons. The van der Waals surface area contributed by atoms with Crippen LogP contribution in [-0.2, 0) is 12.4 Å². The number of rotatable bonds is 14. The number of ether oxygens (including phenoxy) is 2. The molecule has 0 spiro atoms. The lowest BCUT2D eigenvalue weighted by atomic mass is 10.0. The SMILES string of the molecule is COc1ccc(-c2nc3c(C(=O)N4CCN([C@@H](CN(C)C)c5ccccc5)C[C@H]4C)cnn3c(C(F)(F)F)c2C)cc1.COc1ccc(-c2nc3c(C(=O)N4CCN([C@H](CN(C)C)c5ccccc5)C[C@H]4C)cnn3c(C(F)(F)F)c2C)cc1. The van der Waals surface area contributed by atoms with Crippen molar-refractivity contribution in [1.29, 1.82) is 0 Å². The smallest absolute Gasteiger partial charge is 0.433 e. The molecule has 2 aliphatic rings. The van der Waals surface area contributed by atoms with Crippen LogP contribution in [0.1, 0.15) is 80.3 Å². The minimum absolute atomic E-state index is 0.0449. The molecule has 4 aromatic heterocycles. The maximum absolute atomic E-state index is 14.4. The highest BCUT2D eigenvalue weighted by Gasteiger charge is 2.42. The van der Waals surface area contributed by atoms with Gasteiger partial charge < -0.3 is 29.1 Å². The predicted octanol–water partition coefficient (Wildman–Crippen LogP) is 10.4. The van der Waals surface area contributed by atoms with E-state index in [0.717, 1.165) is 22.1 Å². The fourth-order valence-corrected chi connectivity index (χ4v) is 11.5. The van der Waals surface area contributed by atoms with Gasteiger partial charge in [0.1, 0.15) is 22.6 Å². The van der Waals surface area contributed by atoms with Crippen molar-refractivity contribution in [1.82, 2.24) is 58.6 Å². The Hall–Kier alpha value is -7.92. The molecule has 2 saturated heterocycles. The number of hydrogen-bond donors (Lipinski definition) is 0. The van der Waals surface area contributed by atoms with Crippen molar-refractivity contribution in [3.63, 3.8) is 0 Å². The molecule has 0 saturated carbocycles. The van der Waals surface area contributed by atoms with Gasteiger partial charge in [-0.05, 0) is 116 Å². The quantitative estimate of drug-likeness (QED) is 0.0960. The lowest BCUT2D eigenvalue weighted by molar-refractivity contribution is -0.144. The molecule has 0 N–H and O–H groups in total. The third-order valence-corrected chi connectivity index (χ3v) is 15.7. The number of benzene rings is 4. The number of amides is 2. The van der Waals surface area contributed by atoms with Gasteiger partial charge in [0.05, 0.1) is 38.0 Å². The molecule has 10 rings (SSSR count). The monoisotopic (exact) mass is 1160 g/mol. The first-order chi connectivity index (χ1) is 40.0. The van der Waals surface area contributed by atoms with Gasteiger partial charge in [-0.2, -0.15) is 36.5 Å². The van der Waals surface area contributed by atoms with E-state index in [1.54, 1.807) is 58.3 Å². The summed E-state index contributed by atoms with van der Waals surface area (Å²) in [4.78, 5) is 49.4.